The van der Waals surface area contributed by atoms with Crippen molar-refractivity contribution in [3.63, 3.8) is 0 Å². The minimum absolute atomic E-state index is 0.00265. The van der Waals surface area contributed by atoms with E-state index in [1.807, 2.05) is 24.3 Å². The summed E-state index contributed by atoms with van der Waals surface area (Å²) in [5, 5.41) is 3.26. The second-order valence-corrected chi connectivity index (χ2v) is 4.71. The van der Waals surface area contributed by atoms with Gasteiger partial charge in [-0.1, -0.05) is 6.07 Å². The molecule has 0 spiro atoms. The first kappa shape index (κ1) is 13.0. The molecule has 0 amide bonds. The van der Waals surface area contributed by atoms with E-state index in [0.717, 1.165) is 12.2 Å². The Morgan fingerprint density at radius 3 is 2.94 bits per heavy atom. The normalized spacial score (nSPS) is 10.5. The van der Waals surface area contributed by atoms with Gasteiger partial charge in [0, 0.05) is 32.0 Å². The Bertz CT molecular complexity index is 554. The van der Waals surface area contributed by atoms with Crippen LogP contribution in [0.4, 0.5) is 0 Å². The minimum Gasteiger partial charge on any atom is -0.313 e. The van der Waals surface area contributed by atoms with Gasteiger partial charge in [0.2, 0.25) is 0 Å². The second kappa shape index (κ2) is 6.47. The van der Waals surface area contributed by atoms with Crippen molar-refractivity contribution in [3.05, 3.63) is 63.2 Å². The molecule has 18 heavy (non-hydrogen) atoms. The van der Waals surface area contributed by atoms with Crippen LogP contribution in [0, 0.1) is 0 Å². The average molecular weight is 308 g/mol. The van der Waals surface area contributed by atoms with Crippen LogP contribution in [0.2, 0.25) is 0 Å². The molecule has 0 saturated carbocycles. The highest BCUT2D eigenvalue weighted by atomic mass is 79.9. The lowest BCUT2D eigenvalue weighted by atomic mass is 10.3. The van der Waals surface area contributed by atoms with Crippen LogP contribution in [0.15, 0.2) is 52.0 Å². The Kier molecular flexibility index (Phi) is 4.66. The molecule has 4 nitrogen and oxygen atoms in total. The maximum absolute atomic E-state index is 11.7. The number of aromatic nitrogens is 2. The van der Waals surface area contributed by atoms with E-state index in [-0.39, 0.29) is 5.56 Å². The predicted molar refractivity (Wildman–Crippen MR) is 74.3 cm³/mol. The molecule has 2 aromatic heterocycles. The first-order valence-corrected chi connectivity index (χ1v) is 6.52. The summed E-state index contributed by atoms with van der Waals surface area (Å²) in [7, 11) is 0. The third-order valence-electron chi connectivity index (χ3n) is 2.54. The highest BCUT2D eigenvalue weighted by molar-refractivity contribution is 9.10. The van der Waals surface area contributed by atoms with Gasteiger partial charge in [0.1, 0.15) is 0 Å². The molecule has 2 aromatic rings. The molecule has 0 saturated heterocycles. The highest BCUT2D eigenvalue weighted by Crippen LogP contribution is 2.00. The topological polar surface area (TPSA) is 46.9 Å². The number of halogens is 1. The summed E-state index contributed by atoms with van der Waals surface area (Å²) in [6.45, 7) is 2.08. The quantitative estimate of drug-likeness (QED) is 0.857. The van der Waals surface area contributed by atoms with Crippen molar-refractivity contribution in [2.75, 3.05) is 6.54 Å². The Balaban J connectivity index is 1.82. The van der Waals surface area contributed by atoms with Crippen molar-refractivity contribution in [1.29, 1.82) is 0 Å². The number of hydrogen-bond donors (Lipinski definition) is 1. The highest BCUT2D eigenvalue weighted by Gasteiger charge is 1.99. The maximum Gasteiger partial charge on any atom is 0.264 e. The van der Waals surface area contributed by atoms with Gasteiger partial charge >= 0.3 is 0 Å². The van der Waals surface area contributed by atoms with Crippen LogP contribution in [-0.4, -0.2) is 16.1 Å². The molecular formula is C13H14BrN3O. The van der Waals surface area contributed by atoms with Crippen molar-refractivity contribution in [2.45, 2.75) is 13.1 Å². The van der Waals surface area contributed by atoms with Gasteiger partial charge in [-0.25, -0.2) is 0 Å². The molecule has 0 bridgehead atoms. The second-order valence-electron chi connectivity index (χ2n) is 3.85. The molecule has 2 heterocycles. The molecular weight excluding hydrogens is 294 g/mol. The van der Waals surface area contributed by atoms with Gasteiger partial charge in [0.25, 0.3) is 5.56 Å². The van der Waals surface area contributed by atoms with E-state index in [0.29, 0.717) is 17.6 Å². The fraction of sp³-hybridized carbons (Fsp3) is 0.231. The van der Waals surface area contributed by atoms with Crippen molar-refractivity contribution in [2.24, 2.45) is 0 Å². The number of hydrogen-bond acceptors (Lipinski definition) is 3. The largest absolute Gasteiger partial charge is 0.313 e. The standard InChI is InChI=1S/C13H14BrN3O/c14-12-5-3-8-17(13(12)18)9-7-15-10-11-4-1-2-6-16-11/h1-6,8,15H,7,9-10H2. The fourth-order valence-electron chi connectivity index (χ4n) is 1.60. The molecule has 0 aliphatic heterocycles. The summed E-state index contributed by atoms with van der Waals surface area (Å²) < 4.78 is 2.27. The van der Waals surface area contributed by atoms with Crippen LogP contribution in [0.25, 0.3) is 0 Å². The third-order valence-corrected chi connectivity index (χ3v) is 3.14. The molecule has 0 unspecified atom stereocenters. The Hall–Kier alpha value is -1.46. The summed E-state index contributed by atoms with van der Waals surface area (Å²) >= 11 is 3.23. The number of pyridine rings is 2. The summed E-state index contributed by atoms with van der Waals surface area (Å²) in [4.78, 5) is 15.9. The molecule has 1 N–H and O–H groups in total. The van der Waals surface area contributed by atoms with Crippen molar-refractivity contribution in [1.82, 2.24) is 14.9 Å². The first-order chi connectivity index (χ1) is 8.77. The molecule has 0 aliphatic carbocycles. The number of nitrogens with zero attached hydrogens (tertiary/aromatic N) is 2. The average Bonchev–Trinajstić information content (AvgIpc) is 2.40. The molecule has 0 radical (unpaired) electrons. The molecule has 0 aromatic carbocycles. The first-order valence-electron chi connectivity index (χ1n) is 5.73. The van der Waals surface area contributed by atoms with E-state index in [4.69, 9.17) is 0 Å². The maximum atomic E-state index is 11.7. The van der Waals surface area contributed by atoms with E-state index in [1.165, 1.54) is 0 Å². The summed E-state index contributed by atoms with van der Waals surface area (Å²) in [5.41, 5.74) is 0.997. The van der Waals surface area contributed by atoms with Crippen molar-refractivity contribution in [3.8, 4) is 0 Å². The molecule has 94 valence electrons. The molecule has 0 atom stereocenters. The van der Waals surface area contributed by atoms with E-state index in [1.54, 1.807) is 23.0 Å². The summed E-state index contributed by atoms with van der Waals surface area (Å²) in [6.07, 6.45) is 3.56. The van der Waals surface area contributed by atoms with Crippen molar-refractivity contribution < 1.29 is 0 Å². The SMILES string of the molecule is O=c1c(Br)cccn1CCNCc1ccccn1. The van der Waals surface area contributed by atoms with Gasteiger partial charge in [-0.2, -0.15) is 0 Å². The number of rotatable bonds is 5. The lowest BCUT2D eigenvalue weighted by Gasteiger charge is -2.07. The van der Waals surface area contributed by atoms with E-state index in [9.17, 15) is 4.79 Å². The summed E-state index contributed by atoms with van der Waals surface area (Å²) in [5.74, 6) is 0. The molecule has 0 fully saturated rings. The van der Waals surface area contributed by atoms with Gasteiger partial charge in [-0.15, -0.1) is 0 Å². The van der Waals surface area contributed by atoms with Crippen LogP contribution < -0.4 is 10.9 Å². The predicted octanol–water partition coefficient (Wildman–Crippen LogP) is 1.80. The van der Waals surface area contributed by atoms with Gasteiger partial charge in [-0.05, 0) is 40.2 Å². The number of nitrogens with one attached hydrogen (secondary N) is 1. The van der Waals surface area contributed by atoms with Crippen LogP contribution in [0.1, 0.15) is 5.69 Å². The van der Waals surface area contributed by atoms with E-state index >= 15 is 0 Å². The lowest BCUT2D eigenvalue weighted by Crippen LogP contribution is -2.26. The van der Waals surface area contributed by atoms with Crippen LogP contribution in [0.5, 0.6) is 0 Å². The molecule has 0 aliphatic rings. The molecule has 5 heteroatoms. The van der Waals surface area contributed by atoms with Gasteiger partial charge < -0.3 is 9.88 Å². The zero-order valence-corrected chi connectivity index (χ0v) is 11.4. The van der Waals surface area contributed by atoms with Gasteiger partial charge in [0.15, 0.2) is 0 Å². The monoisotopic (exact) mass is 307 g/mol. The lowest BCUT2D eigenvalue weighted by molar-refractivity contribution is 0.579. The van der Waals surface area contributed by atoms with Gasteiger partial charge in [-0.3, -0.25) is 9.78 Å². The van der Waals surface area contributed by atoms with Crippen LogP contribution in [-0.2, 0) is 13.1 Å². The van der Waals surface area contributed by atoms with Crippen molar-refractivity contribution >= 4 is 15.9 Å². The van der Waals surface area contributed by atoms with Gasteiger partial charge in [0.05, 0.1) is 10.2 Å². The van der Waals surface area contributed by atoms with E-state index in [2.05, 4.69) is 26.2 Å². The Labute approximate surface area is 114 Å². The Morgan fingerprint density at radius 1 is 1.28 bits per heavy atom. The van der Waals surface area contributed by atoms with E-state index < -0.39 is 0 Å². The zero-order valence-electron chi connectivity index (χ0n) is 9.84. The Morgan fingerprint density at radius 2 is 2.17 bits per heavy atom. The molecule has 2 rings (SSSR count). The minimum atomic E-state index is -0.00265. The smallest absolute Gasteiger partial charge is 0.264 e. The zero-order chi connectivity index (χ0) is 12.8. The third kappa shape index (κ3) is 3.51. The summed E-state index contributed by atoms with van der Waals surface area (Å²) in [6, 6.07) is 9.43. The fourth-order valence-corrected chi connectivity index (χ4v) is 1.98. The van der Waals surface area contributed by atoms with Crippen LogP contribution >= 0.6 is 15.9 Å². The van der Waals surface area contributed by atoms with Crippen LogP contribution in [0.3, 0.4) is 0 Å².